The molecule has 10 heteroatoms. The number of allylic oxidation sites excluding steroid dienone is 1. The average molecular weight is 549 g/mol. The molecule has 2 aromatic carbocycles. The number of phenolic OH excluding ortho intramolecular Hbond substituents is 1. The number of nitrogens with one attached hydrogen (secondary N) is 2. The van der Waals surface area contributed by atoms with Crippen LogP contribution in [0, 0.1) is 11.7 Å². The van der Waals surface area contributed by atoms with E-state index in [0.717, 1.165) is 23.3 Å². The number of hydrogen-bond donors (Lipinski definition) is 3. The Hall–Kier alpha value is -4.34. The zero-order valence-electron chi connectivity index (χ0n) is 21.9. The van der Waals surface area contributed by atoms with Crippen molar-refractivity contribution in [3.63, 3.8) is 0 Å². The van der Waals surface area contributed by atoms with E-state index in [1.54, 1.807) is 31.2 Å². The van der Waals surface area contributed by atoms with Gasteiger partial charge in [-0.3, -0.25) is 14.4 Å². The Morgan fingerprint density at radius 3 is 2.73 bits per heavy atom. The Bertz CT molecular complexity index is 1490. The van der Waals surface area contributed by atoms with Gasteiger partial charge in [-0.15, -0.1) is 0 Å². The molecule has 1 aliphatic heterocycles. The van der Waals surface area contributed by atoms with Gasteiger partial charge in [0.05, 0.1) is 24.6 Å². The summed E-state index contributed by atoms with van der Waals surface area (Å²) in [5.41, 5.74) is 2.02. The van der Waals surface area contributed by atoms with Gasteiger partial charge in [0, 0.05) is 11.8 Å². The second kappa shape index (κ2) is 11.4. The molecule has 1 saturated heterocycles. The average Bonchev–Trinajstić information content (AvgIpc) is 3.68. The summed E-state index contributed by atoms with van der Waals surface area (Å²) in [5.74, 6) is -1.56. The number of phenols is 1. The Kier molecular flexibility index (Phi) is 7.77. The SMILES string of the molecule is C[C@@H](NC(=O)C1C[C@H](F)CN1C(=O)CNC(=O)c1ccc2cc(F)ccc2n1)c1cc(O)ccc1/C=C/C1CC1. The van der Waals surface area contributed by atoms with Gasteiger partial charge >= 0.3 is 0 Å². The van der Waals surface area contributed by atoms with Gasteiger partial charge in [-0.2, -0.15) is 0 Å². The van der Waals surface area contributed by atoms with Crippen molar-refractivity contribution in [1.29, 1.82) is 0 Å². The predicted octanol–water partition coefficient (Wildman–Crippen LogP) is 4.05. The number of pyridine rings is 1. The number of aromatic hydroxyl groups is 1. The van der Waals surface area contributed by atoms with Gasteiger partial charge in [0.2, 0.25) is 11.8 Å². The fraction of sp³-hybridized carbons (Fsp3) is 0.333. The van der Waals surface area contributed by atoms with Crippen molar-refractivity contribution in [2.75, 3.05) is 13.1 Å². The van der Waals surface area contributed by atoms with E-state index >= 15 is 0 Å². The molecule has 1 saturated carbocycles. The first-order valence-electron chi connectivity index (χ1n) is 13.3. The monoisotopic (exact) mass is 548 g/mol. The van der Waals surface area contributed by atoms with Crippen molar-refractivity contribution >= 4 is 34.7 Å². The first-order chi connectivity index (χ1) is 19.2. The van der Waals surface area contributed by atoms with Crippen LogP contribution in [0.25, 0.3) is 17.0 Å². The van der Waals surface area contributed by atoms with Crippen molar-refractivity contribution in [3.8, 4) is 5.75 Å². The highest BCUT2D eigenvalue weighted by atomic mass is 19.1. The van der Waals surface area contributed by atoms with Gasteiger partial charge in [0.1, 0.15) is 29.5 Å². The predicted molar refractivity (Wildman–Crippen MR) is 145 cm³/mol. The smallest absolute Gasteiger partial charge is 0.270 e. The lowest BCUT2D eigenvalue weighted by atomic mass is 9.99. The maximum atomic E-state index is 14.4. The number of likely N-dealkylation sites (tertiary alicyclic amines) is 1. The summed E-state index contributed by atoms with van der Waals surface area (Å²) >= 11 is 0. The molecule has 8 nitrogen and oxygen atoms in total. The first kappa shape index (κ1) is 27.2. The van der Waals surface area contributed by atoms with E-state index in [9.17, 15) is 28.3 Å². The lowest BCUT2D eigenvalue weighted by Crippen LogP contribution is -2.49. The molecule has 1 aromatic heterocycles. The van der Waals surface area contributed by atoms with Crippen LogP contribution in [0.3, 0.4) is 0 Å². The molecule has 1 unspecified atom stereocenters. The van der Waals surface area contributed by atoms with Crippen molar-refractivity contribution < 1.29 is 28.3 Å². The molecule has 3 amide bonds. The minimum Gasteiger partial charge on any atom is -0.508 e. The van der Waals surface area contributed by atoms with Crippen LogP contribution in [0.5, 0.6) is 5.75 Å². The molecule has 1 aliphatic carbocycles. The molecule has 2 fully saturated rings. The number of fused-ring (bicyclic) bond motifs is 1. The molecule has 5 rings (SSSR count). The summed E-state index contributed by atoms with van der Waals surface area (Å²) in [6, 6.07) is 10.3. The Morgan fingerprint density at radius 2 is 1.95 bits per heavy atom. The standard InChI is InChI=1S/C30H30F2N4O4/c1-17(24-14-23(37)9-6-19(24)5-4-18-2-3-18)34-30(40)27-13-22(32)16-36(27)28(38)15-33-29(39)26-10-7-20-12-21(31)8-11-25(20)35-26/h4-12,14,17-18,22,27,37H,2-3,13,15-16H2,1H3,(H,33,39)(H,34,40)/b5-4+/t17-,22+,27?/m1/s1. The molecular formula is C30H30F2N4O4. The third-order valence-electron chi connectivity index (χ3n) is 7.22. The number of carbonyl (C=O) groups excluding carboxylic acids is 3. The normalized spacial score (nSPS) is 19.6. The highest BCUT2D eigenvalue weighted by Gasteiger charge is 2.40. The summed E-state index contributed by atoms with van der Waals surface area (Å²) in [6.45, 7) is 1.06. The summed E-state index contributed by atoms with van der Waals surface area (Å²) in [6.07, 6.45) is 4.83. The molecule has 40 heavy (non-hydrogen) atoms. The third kappa shape index (κ3) is 6.27. The summed E-state index contributed by atoms with van der Waals surface area (Å²) in [5, 5.41) is 15.9. The number of nitrogens with zero attached hydrogens (tertiary/aromatic N) is 2. The van der Waals surface area contributed by atoms with Crippen LogP contribution in [-0.2, 0) is 9.59 Å². The van der Waals surface area contributed by atoms with Crippen molar-refractivity contribution in [2.24, 2.45) is 5.92 Å². The molecule has 3 atom stereocenters. The van der Waals surface area contributed by atoms with E-state index in [-0.39, 0.29) is 24.4 Å². The fourth-order valence-corrected chi connectivity index (χ4v) is 4.88. The maximum absolute atomic E-state index is 14.4. The van der Waals surface area contributed by atoms with Crippen molar-refractivity contribution in [1.82, 2.24) is 20.5 Å². The fourth-order valence-electron chi connectivity index (χ4n) is 4.88. The molecule has 0 radical (unpaired) electrons. The molecule has 0 spiro atoms. The van der Waals surface area contributed by atoms with Crippen LogP contribution >= 0.6 is 0 Å². The van der Waals surface area contributed by atoms with Gasteiger partial charge in [-0.05, 0) is 73.2 Å². The molecule has 2 heterocycles. The van der Waals surface area contributed by atoms with Crippen LogP contribution in [0.1, 0.15) is 53.8 Å². The highest BCUT2D eigenvalue weighted by molar-refractivity contribution is 5.97. The van der Waals surface area contributed by atoms with E-state index < -0.39 is 48.3 Å². The van der Waals surface area contributed by atoms with Gasteiger partial charge in [-0.25, -0.2) is 13.8 Å². The molecule has 208 valence electrons. The van der Waals surface area contributed by atoms with E-state index in [1.807, 2.05) is 6.08 Å². The lowest BCUT2D eigenvalue weighted by molar-refractivity contribution is -0.138. The van der Waals surface area contributed by atoms with Crippen LogP contribution in [0.15, 0.2) is 54.6 Å². The van der Waals surface area contributed by atoms with Gasteiger partial charge in [0.15, 0.2) is 0 Å². The topological polar surface area (TPSA) is 112 Å². The van der Waals surface area contributed by atoms with Crippen LogP contribution in [-0.4, -0.2) is 58.0 Å². The quantitative estimate of drug-likeness (QED) is 0.393. The third-order valence-corrected chi connectivity index (χ3v) is 7.22. The first-order valence-corrected chi connectivity index (χ1v) is 13.3. The van der Waals surface area contributed by atoms with Crippen LogP contribution in [0.2, 0.25) is 0 Å². The largest absolute Gasteiger partial charge is 0.508 e. The molecule has 0 bridgehead atoms. The molecule has 3 N–H and O–H groups in total. The molecule has 2 aliphatic rings. The van der Waals surface area contributed by atoms with E-state index in [0.29, 0.717) is 22.4 Å². The number of aromatic nitrogens is 1. The minimum absolute atomic E-state index is 0.0393. The number of alkyl halides is 1. The number of halogens is 2. The van der Waals surface area contributed by atoms with E-state index in [4.69, 9.17) is 0 Å². The van der Waals surface area contributed by atoms with Gasteiger partial charge < -0.3 is 20.6 Å². The van der Waals surface area contributed by atoms with Crippen molar-refractivity contribution in [3.05, 3.63) is 77.2 Å². The zero-order chi connectivity index (χ0) is 28.4. The molecular weight excluding hydrogens is 518 g/mol. The van der Waals surface area contributed by atoms with E-state index in [2.05, 4.69) is 21.7 Å². The van der Waals surface area contributed by atoms with Gasteiger partial charge in [-0.1, -0.05) is 24.3 Å². The molecule has 3 aromatic rings. The second-order valence-corrected chi connectivity index (χ2v) is 10.4. The second-order valence-electron chi connectivity index (χ2n) is 10.4. The van der Waals surface area contributed by atoms with Crippen LogP contribution in [0.4, 0.5) is 8.78 Å². The van der Waals surface area contributed by atoms with Crippen molar-refractivity contribution in [2.45, 2.75) is 44.4 Å². The van der Waals surface area contributed by atoms with E-state index in [1.165, 1.54) is 24.3 Å². The number of carbonyl (C=O) groups is 3. The minimum atomic E-state index is -1.38. The summed E-state index contributed by atoms with van der Waals surface area (Å²) in [4.78, 5) is 44.1. The summed E-state index contributed by atoms with van der Waals surface area (Å²) < 4.78 is 27.8. The van der Waals surface area contributed by atoms with Gasteiger partial charge in [0.25, 0.3) is 5.91 Å². The number of rotatable bonds is 8. The highest BCUT2D eigenvalue weighted by Crippen LogP contribution is 2.32. The Balaban J connectivity index is 1.22. The maximum Gasteiger partial charge on any atom is 0.270 e. The number of amides is 3. The number of hydrogen-bond acceptors (Lipinski definition) is 5. The van der Waals surface area contributed by atoms with Crippen LogP contribution < -0.4 is 10.6 Å². The Morgan fingerprint density at radius 1 is 1.15 bits per heavy atom. The number of benzene rings is 2. The Labute approximate surface area is 230 Å². The lowest BCUT2D eigenvalue weighted by Gasteiger charge is -2.26. The zero-order valence-corrected chi connectivity index (χ0v) is 21.9. The summed E-state index contributed by atoms with van der Waals surface area (Å²) in [7, 11) is 0.